The molecule has 1 saturated carbocycles. The summed E-state index contributed by atoms with van der Waals surface area (Å²) in [6.45, 7) is 4.53. The summed E-state index contributed by atoms with van der Waals surface area (Å²) in [5, 5.41) is 9.63. The van der Waals surface area contributed by atoms with E-state index in [2.05, 4.69) is 24.5 Å². The van der Waals surface area contributed by atoms with Crippen molar-refractivity contribution in [3.05, 3.63) is 44.8 Å². The van der Waals surface area contributed by atoms with Crippen molar-refractivity contribution in [1.29, 1.82) is 0 Å². The van der Waals surface area contributed by atoms with Gasteiger partial charge in [-0.1, -0.05) is 38.8 Å². The van der Waals surface area contributed by atoms with E-state index < -0.39 is 6.04 Å². The predicted octanol–water partition coefficient (Wildman–Crippen LogP) is 4.21. The van der Waals surface area contributed by atoms with E-state index in [1.807, 2.05) is 22.9 Å². The zero-order valence-electron chi connectivity index (χ0n) is 18.1. The van der Waals surface area contributed by atoms with Crippen molar-refractivity contribution >= 4 is 40.4 Å². The van der Waals surface area contributed by atoms with Gasteiger partial charge in [-0.2, -0.15) is 0 Å². The van der Waals surface area contributed by atoms with E-state index in [4.69, 9.17) is 0 Å². The number of carbonyl (C=O) groups excluding carboxylic acids is 3. The maximum Gasteiger partial charge on any atom is 0.261 e. The summed E-state index contributed by atoms with van der Waals surface area (Å²) in [7, 11) is 0. The number of hydrogen-bond acceptors (Lipinski definition) is 5. The number of nitrogens with one attached hydrogen (secondary N) is 2. The van der Waals surface area contributed by atoms with Crippen LogP contribution >= 0.6 is 22.7 Å². The summed E-state index contributed by atoms with van der Waals surface area (Å²) in [5.41, 5.74) is 0. The monoisotopic (exact) mass is 461 g/mol. The lowest BCUT2D eigenvalue weighted by molar-refractivity contribution is -0.140. The fourth-order valence-corrected chi connectivity index (χ4v) is 5.24. The fraction of sp³-hybridized carbons (Fsp3) is 0.522. The van der Waals surface area contributed by atoms with Gasteiger partial charge < -0.3 is 15.5 Å². The molecule has 8 heteroatoms. The van der Waals surface area contributed by atoms with E-state index in [0.29, 0.717) is 17.3 Å². The Kier molecular flexibility index (Phi) is 8.66. The van der Waals surface area contributed by atoms with Crippen LogP contribution in [0.4, 0.5) is 0 Å². The molecule has 0 unspecified atom stereocenters. The van der Waals surface area contributed by atoms with Crippen LogP contribution in [0.25, 0.3) is 0 Å². The van der Waals surface area contributed by atoms with Gasteiger partial charge in [0.2, 0.25) is 11.8 Å². The topological polar surface area (TPSA) is 78.5 Å². The summed E-state index contributed by atoms with van der Waals surface area (Å²) in [6.07, 6.45) is 5.00. The van der Waals surface area contributed by atoms with Crippen molar-refractivity contribution in [1.82, 2.24) is 15.5 Å². The van der Waals surface area contributed by atoms with Gasteiger partial charge in [0.05, 0.1) is 11.4 Å². The molecule has 31 heavy (non-hydrogen) atoms. The highest BCUT2D eigenvalue weighted by molar-refractivity contribution is 7.12. The minimum atomic E-state index is -0.675. The number of rotatable bonds is 10. The minimum absolute atomic E-state index is 0.129. The van der Waals surface area contributed by atoms with Gasteiger partial charge in [-0.05, 0) is 48.1 Å². The SMILES string of the molecule is CC(C)CCN(C(=O)CNC(=O)c1cccs1)[C@@H](C(=O)NC1CCCC1)c1cccs1. The first-order chi connectivity index (χ1) is 15.0. The van der Waals surface area contributed by atoms with Crippen LogP contribution in [0.2, 0.25) is 0 Å². The fourth-order valence-electron chi connectivity index (χ4n) is 3.77. The Bertz CT molecular complexity index is 844. The second-order valence-corrected chi connectivity index (χ2v) is 10.3. The Morgan fingerprint density at radius 2 is 1.81 bits per heavy atom. The smallest absolute Gasteiger partial charge is 0.261 e. The number of hydrogen-bond donors (Lipinski definition) is 2. The van der Waals surface area contributed by atoms with Crippen molar-refractivity contribution < 1.29 is 14.4 Å². The van der Waals surface area contributed by atoms with Crippen molar-refractivity contribution in [3.8, 4) is 0 Å². The van der Waals surface area contributed by atoms with Crippen LogP contribution in [-0.4, -0.2) is 41.8 Å². The molecule has 0 spiro atoms. The zero-order chi connectivity index (χ0) is 22.2. The van der Waals surface area contributed by atoms with Gasteiger partial charge in [-0.3, -0.25) is 14.4 Å². The Labute approximate surface area is 192 Å². The highest BCUT2D eigenvalue weighted by Gasteiger charge is 2.33. The molecule has 2 aromatic heterocycles. The molecular formula is C23H31N3O3S2. The molecular weight excluding hydrogens is 430 g/mol. The molecule has 0 radical (unpaired) electrons. The quantitative estimate of drug-likeness (QED) is 0.556. The maximum atomic E-state index is 13.3. The van der Waals surface area contributed by atoms with E-state index in [0.717, 1.165) is 37.0 Å². The first-order valence-electron chi connectivity index (χ1n) is 10.9. The lowest BCUT2D eigenvalue weighted by atomic mass is 10.1. The summed E-state index contributed by atoms with van der Waals surface area (Å²) < 4.78 is 0. The molecule has 3 amide bonds. The number of nitrogens with zero attached hydrogens (tertiary/aromatic N) is 1. The second kappa shape index (κ2) is 11.4. The molecule has 2 heterocycles. The van der Waals surface area contributed by atoms with Crippen LogP contribution in [0.3, 0.4) is 0 Å². The zero-order valence-corrected chi connectivity index (χ0v) is 19.8. The van der Waals surface area contributed by atoms with E-state index in [9.17, 15) is 14.4 Å². The third kappa shape index (κ3) is 6.64. The Morgan fingerprint density at radius 1 is 1.10 bits per heavy atom. The molecule has 1 aliphatic rings. The maximum absolute atomic E-state index is 13.3. The van der Waals surface area contributed by atoms with Crippen LogP contribution < -0.4 is 10.6 Å². The van der Waals surface area contributed by atoms with Gasteiger partial charge in [0.1, 0.15) is 6.04 Å². The van der Waals surface area contributed by atoms with Gasteiger partial charge in [-0.15, -0.1) is 22.7 Å². The molecule has 2 aromatic rings. The number of thiophene rings is 2. The van der Waals surface area contributed by atoms with E-state index in [1.54, 1.807) is 17.0 Å². The Morgan fingerprint density at radius 3 is 2.42 bits per heavy atom. The molecule has 6 nitrogen and oxygen atoms in total. The molecule has 0 bridgehead atoms. The lowest BCUT2D eigenvalue weighted by Crippen LogP contribution is -2.49. The van der Waals surface area contributed by atoms with Gasteiger partial charge in [-0.25, -0.2) is 0 Å². The Balaban J connectivity index is 1.76. The van der Waals surface area contributed by atoms with Crippen LogP contribution in [0, 0.1) is 5.92 Å². The van der Waals surface area contributed by atoms with Crippen molar-refractivity contribution in [2.24, 2.45) is 5.92 Å². The largest absolute Gasteiger partial charge is 0.351 e. The highest BCUT2D eigenvalue weighted by Crippen LogP contribution is 2.28. The minimum Gasteiger partial charge on any atom is -0.351 e. The summed E-state index contributed by atoms with van der Waals surface area (Å²) >= 11 is 2.81. The standard InChI is InChI=1S/C23H31N3O3S2/c1-16(2)11-12-26(20(27)15-24-22(28)19-10-6-14-31-19)21(18-9-5-13-30-18)23(29)25-17-7-3-4-8-17/h5-6,9-10,13-14,16-17,21H,3-4,7-8,11-12,15H2,1-2H3,(H,24,28)(H,25,29)/t21-/m1/s1. The summed E-state index contributed by atoms with van der Waals surface area (Å²) in [4.78, 5) is 41.9. The van der Waals surface area contributed by atoms with Crippen molar-refractivity contribution in [2.45, 2.75) is 58.0 Å². The van der Waals surface area contributed by atoms with Gasteiger partial charge in [0.25, 0.3) is 5.91 Å². The van der Waals surface area contributed by atoms with Crippen LogP contribution in [0.15, 0.2) is 35.0 Å². The average Bonchev–Trinajstić information content (AvgIpc) is 3.51. The molecule has 0 aliphatic heterocycles. The lowest BCUT2D eigenvalue weighted by Gasteiger charge is -2.32. The van der Waals surface area contributed by atoms with Gasteiger partial charge in [0, 0.05) is 17.5 Å². The molecule has 168 valence electrons. The van der Waals surface area contributed by atoms with Gasteiger partial charge >= 0.3 is 0 Å². The molecule has 2 N–H and O–H groups in total. The molecule has 3 rings (SSSR count). The molecule has 1 atom stereocenters. The van der Waals surface area contributed by atoms with E-state index >= 15 is 0 Å². The van der Waals surface area contributed by atoms with Gasteiger partial charge in [0.15, 0.2) is 0 Å². The second-order valence-electron chi connectivity index (χ2n) is 8.34. The molecule has 0 aromatic carbocycles. The van der Waals surface area contributed by atoms with Crippen molar-refractivity contribution in [3.63, 3.8) is 0 Å². The molecule has 1 aliphatic carbocycles. The first kappa shape index (κ1) is 23.5. The third-order valence-electron chi connectivity index (χ3n) is 5.49. The van der Waals surface area contributed by atoms with Crippen LogP contribution in [-0.2, 0) is 9.59 Å². The van der Waals surface area contributed by atoms with Crippen LogP contribution in [0.1, 0.15) is 66.5 Å². The number of carbonyl (C=O) groups is 3. The average molecular weight is 462 g/mol. The summed E-state index contributed by atoms with van der Waals surface area (Å²) in [5.74, 6) is -0.255. The van der Waals surface area contributed by atoms with E-state index in [-0.39, 0.29) is 30.3 Å². The first-order valence-corrected chi connectivity index (χ1v) is 12.7. The Hall–Kier alpha value is -2.19. The highest BCUT2D eigenvalue weighted by atomic mass is 32.1. The molecule has 0 saturated heterocycles. The predicted molar refractivity (Wildman–Crippen MR) is 125 cm³/mol. The van der Waals surface area contributed by atoms with Crippen molar-refractivity contribution in [2.75, 3.05) is 13.1 Å². The van der Waals surface area contributed by atoms with E-state index in [1.165, 1.54) is 22.7 Å². The third-order valence-corrected chi connectivity index (χ3v) is 7.28. The number of amides is 3. The summed E-state index contributed by atoms with van der Waals surface area (Å²) in [6, 6.07) is 6.84. The van der Waals surface area contributed by atoms with Crippen LogP contribution in [0.5, 0.6) is 0 Å². The molecule has 1 fully saturated rings. The normalized spacial score (nSPS) is 15.1.